The molecule has 0 heterocycles. The highest BCUT2D eigenvalue weighted by atomic mass is 79.9. The minimum atomic E-state index is -0.0977. The van der Waals surface area contributed by atoms with Crippen molar-refractivity contribution in [1.29, 1.82) is 0 Å². The number of oxime groups is 1. The minimum Gasteiger partial charge on any atom is -0.496 e. The standard InChI is InChI=1S/C18H19BrN2O3/c1-12(14-4-7-17(8-5-14)20-13(2)22)21-24-11-15-10-16(19)6-9-18(15)23-3/h4-10H,11H2,1-3H3,(H,20,22)/b21-12+. The maximum absolute atomic E-state index is 11.0. The topological polar surface area (TPSA) is 59.9 Å². The van der Waals surface area contributed by atoms with Gasteiger partial charge >= 0.3 is 0 Å². The van der Waals surface area contributed by atoms with Crippen LogP contribution in [0.3, 0.4) is 0 Å². The van der Waals surface area contributed by atoms with Gasteiger partial charge in [0.05, 0.1) is 12.8 Å². The van der Waals surface area contributed by atoms with Crippen molar-refractivity contribution < 1.29 is 14.4 Å². The number of amides is 1. The van der Waals surface area contributed by atoms with E-state index in [9.17, 15) is 4.79 Å². The van der Waals surface area contributed by atoms with Gasteiger partial charge in [-0.15, -0.1) is 0 Å². The Morgan fingerprint density at radius 2 is 1.88 bits per heavy atom. The Morgan fingerprint density at radius 1 is 1.17 bits per heavy atom. The van der Waals surface area contributed by atoms with Gasteiger partial charge < -0.3 is 14.9 Å². The maximum Gasteiger partial charge on any atom is 0.221 e. The van der Waals surface area contributed by atoms with Gasteiger partial charge in [0, 0.05) is 22.6 Å². The number of carbonyl (C=O) groups is 1. The van der Waals surface area contributed by atoms with Gasteiger partial charge in [0.15, 0.2) is 0 Å². The fraction of sp³-hybridized carbons (Fsp3) is 0.222. The first-order valence-electron chi connectivity index (χ1n) is 7.36. The van der Waals surface area contributed by atoms with Gasteiger partial charge in [-0.3, -0.25) is 4.79 Å². The average molecular weight is 391 g/mol. The van der Waals surface area contributed by atoms with E-state index in [-0.39, 0.29) is 5.91 Å². The summed E-state index contributed by atoms with van der Waals surface area (Å²) in [6.45, 7) is 3.65. The Labute approximate surface area is 149 Å². The Morgan fingerprint density at radius 3 is 2.50 bits per heavy atom. The molecule has 2 aromatic rings. The molecule has 0 aliphatic rings. The maximum atomic E-state index is 11.0. The lowest BCUT2D eigenvalue weighted by Gasteiger charge is -2.08. The first kappa shape index (κ1) is 18.0. The van der Waals surface area contributed by atoms with Crippen LogP contribution in [0.4, 0.5) is 5.69 Å². The van der Waals surface area contributed by atoms with Gasteiger partial charge in [0.1, 0.15) is 12.4 Å². The molecule has 126 valence electrons. The Bertz CT molecular complexity index is 742. The van der Waals surface area contributed by atoms with E-state index in [1.807, 2.05) is 49.4 Å². The van der Waals surface area contributed by atoms with Crippen molar-refractivity contribution in [2.24, 2.45) is 5.16 Å². The predicted molar refractivity (Wildman–Crippen MR) is 98.4 cm³/mol. The average Bonchev–Trinajstić information content (AvgIpc) is 2.55. The van der Waals surface area contributed by atoms with Crippen LogP contribution in [-0.4, -0.2) is 18.7 Å². The molecule has 1 N–H and O–H groups in total. The Balaban J connectivity index is 2.01. The fourth-order valence-electron chi connectivity index (χ4n) is 2.11. The number of hydrogen-bond acceptors (Lipinski definition) is 4. The molecule has 0 radical (unpaired) electrons. The number of nitrogens with zero attached hydrogens (tertiary/aromatic N) is 1. The molecule has 0 aliphatic carbocycles. The van der Waals surface area contributed by atoms with Crippen LogP contribution < -0.4 is 10.1 Å². The van der Waals surface area contributed by atoms with E-state index in [4.69, 9.17) is 9.57 Å². The number of ether oxygens (including phenoxy) is 1. The summed E-state index contributed by atoms with van der Waals surface area (Å²) in [5.74, 6) is 0.658. The highest BCUT2D eigenvalue weighted by molar-refractivity contribution is 9.10. The van der Waals surface area contributed by atoms with Crippen LogP contribution in [-0.2, 0) is 16.2 Å². The molecule has 24 heavy (non-hydrogen) atoms. The zero-order valence-corrected chi connectivity index (χ0v) is 15.4. The number of rotatable bonds is 6. The van der Waals surface area contributed by atoms with Crippen molar-refractivity contribution in [1.82, 2.24) is 0 Å². The monoisotopic (exact) mass is 390 g/mol. The number of methoxy groups -OCH3 is 1. The van der Waals surface area contributed by atoms with Crippen LogP contribution in [0.1, 0.15) is 25.0 Å². The van der Waals surface area contributed by atoms with E-state index in [1.165, 1.54) is 6.92 Å². The zero-order chi connectivity index (χ0) is 17.5. The van der Waals surface area contributed by atoms with Crippen molar-refractivity contribution in [3.8, 4) is 5.75 Å². The van der Waals surface area contributed by atoms with Crippen LogP contribution >= 0.6 is 15.9 Å². The van der Waals surface area contributed by atoms with Crippen LogP contribution in [0.25, 0.3) is 0 Å². The molecule has 0 saturated carbocycles. The molecular formula is C18H19BrN2O3. The molecule has 0 aliphatic heterocycles. The van der Waals surface area contributed by atoms with Crippen molar-refractivity contribution in [3.05, 3.63) is 58.1 Å². The summed E-state index contributed by atoms with van der Waals surface area (Å²) >= 11 is 3.43. The summed E-state index contributed by atoms with van der Waals surface area (Å²) in [4.78, 5) is 16.5. The highest BCUT2D eigenvalue weighted by Gasteiger charge is 2.05. The molecule has 2 aromatic carbocycles. The summed E-state index contributed by atoms with van der Waals surface area (Å²) in [5.41, 5.74) is 3.33. The highest BCUT2D eigenvalue weighted by Crippen LogP contribution is 2.23. The van der Waals surface area contributed by atoms with E-state index < -0.39 is 0 Å². The molecular weight excluding hydrogens is 372 g/mol. The summed E-state index contributed by atoms with van der Waals surface area (Å²) in [6, 6.07) is 13.1. The van der Waals surface area contributed by atoms with E-state index >= 15 is 0 Å². The van der Waals surface area contributed by atoms with Crippen molar-refractivity contribution in [2.75, 3.05) is 12.4 Å². The lowest BCUT2D eigenvalue weighted by molar-refractivity contribution is -0.114. The molecule has 0 saturated heterocycles. The van der Waals surface area contributed by atoms with Crippen molar-refractivity contribution in [3.63, 3.8) is 0 Å². The van der Waals surface area contributed by atoms with Crippen LogP contribution in [0.5, 0.6) is 5.75 Å². The third-order valence-electron chi connectivity index (χ3n) is 3.29. The van der Waals surface area contributed by atoms with Gasteiger partial charge in [-0.1, -0.05) is 33.2 Å². The second-order valence-electron chi connectivity index (χ2n) is 5.16. The van der Waals surface area contributed by atoms with E-state index in [1.54, 1.807) is 7.11 Å². The van der Waals surface area contributed by atoms with E-state index in [2.05, 4.69) is 26.4 Å². The number of hydrogen-bond donors (Lipinski definition) is 1. The molecule has 5 nitrogen and oxygen atoms in total. The van der Waals surface area contributed by atoms with E-state index in [0.29, 0.717) is 6.61 Å². The SMILES string of the molecule is COc1ccc(Br)cc1CO/N=C(\C)c1ccc(NC(C)=O)cc1. The first-order valence-corrected chi connectivity index (χ1v) is 8.16. The zero-order valence-electron chi connectivity index (χ0n) is 13.8. The summed E-state index contributed by atoms with van der Waals surface area (Å²) < 4.78 is 6.26. The predicted octanol–water partition coefficient (Wildman–Crippen LogP) is 4.36. The number of nitrogens with one attached hydrogen (secondary N) is 1. The molecule has 1 amide bonds. The molecule has 0 atom stereocenters. The molecule has 0 bridgehead atoms. The first-order chi connectivity index (χ1) is 11.5. The van der Waals surface area contributed by atoms with E-state index in [0.717, 1.165) is 32.7 Å². The Kier molecular flexibility index (Phi) is 6.37. The Hall–Kier alpha value is -2.34. The largest absolute Gasteiger partial charge is 0.496 e. The molecule has 0 spiro atoms. The lowest BCUT2D eigenvalue weighted by Crippen LogP contribution is -2.06. The van der Waals surface area contributed by atoms with Gasteiger partial charge in [0.25, 0.3) is 0 Å². The van der Waals surface area contributed by atoms with Gasteiger partial charge in [0.2, 0.25) is 5.91 Å². The quantitative estimate of drug-likeness (QED) is 0.588. The van der Waals surface area contributed by atoms with Gasteiger partial charge in [-0.2, -0.15) is 0 Å². The number of benzene rings is 2. The smallest absolute Gasteiger partial charge is 0.221 e. The molecule has 0 fully saturated rings. The summed E-state index contributed by atoms with van der Waals surface area (Å²) in [6.07, 6.45) is 0. The van der Waals surface area contributed by atoms with Crippen molar-refractivity contribution in [2.45, 2.75) is 20.5 Å². The van der Waals surface area contributed by atoms with Crippen LogP contribution in [0.15, 0.2) is 52.1 Å². The summed E-state index contributed by atoms with van der Waals surface area (Å²) in [7, 11) is 1.62. The molecule has 6 heteroatoms. The number of halogens is 1. The summed E-state index contributed by atoms with van der Waals surface area (Å²) in [5, 5.41) is 6.87. The normalized spacial score (nSPS) is 11.1. The fourth-order valence-corrected chi connectivity index (χ4v) is 2.52. The second kappa shape index (κ2) is 8.49. The number of anilines is 1. The van der Waals surface area contributed by atoms with Crippen molar-refractivity contribution >= 4 is 33.2 Å². The number of carbonyl (C=O) groups excluding carboxylic acids is 1. The minimum absolute atomic E-state index is 0.0977. The molecule has 0 aromatic heterocycles. The third-order valence-corrected chi connectivity index (χ3v) is 3.78. The third kappa shape index (κ3) is 5.09. The van der Waals surface area contributed by atoms with Gasteiger partial charge in [-0.25, -0.2) is 0 Å². The lowest BCUT2D eigenvalue weighted by atomic mass is 10.1. The van der Waals surface area contributed by atoms with Gasteiger partial charge in [-0.05, 0) is 42.8 Å². The molecule has 2 rings (SSSR count). The second-order valence-corrected chi connectivity index (χ2v) is 6.08. The van der Waals surface area contributed by atoms with Crippen LogP contribution in [0, 0.1) is 0 Å². The molecule has 0 unspecified atom stereocenters. The van der Waals surface area contributed by atoms with Crippen LogP contribution in [0.2, 0.25) is 0 Å².